The SMILES string of the molecule is CO[C@H](c1ccccc1)c1nc2cc(F)c(F)cc2n1C(C(=O)NCc1ccccc1)C1CCCCC1. The number of nitrogens with one attached hydrogen (secondary N) is 1. The molecule has 1 N–H and O–H groups in total. The number of aromatic nitrogens is 2. The first kappa shape index (κ1) is 25.1. The topological polar surface area (TPSA) is 56.2 Å². The first-order valence-electron chi connectivity index (χ1n) is 12.8. The molecule has 1 heterocycles. The Bertz CT molecular complexity index is 1350. The van der Waals surface area contributed by atoms with Crippen LogP contribution in [0.3, 0.4) is 0 Å². The Hall–Kier alpha value is -3.58. The van der Waals surface area contributed by atoms with Gasteiger partial charge in [-0.1, -0.05) is 79.9 Å². The average Bonchev–Trinajstić information content (AvgIpc) is 3.27. The fraction of sp³-hybridized carbons (Fsp3) is 0.333. The molecule has 7 heteroatoms. The number of methoxy groups -OCH3 is 1. The monoisotopic (exact) mass is 503 g/mol. The Morgan fingerprint density at radius 3 is 2.32 bits per heavy atom. The van der Waals surface area contributed by atoms with Gasteiger partial charge in [-0.3, -0.25) is 4.79 Å². The lowest BCUT2D eigenvalue weighted by Crippen LogP contribution is -2.38. The molecule has 0 radical (unpaired) electrons. The maximum Gasteiger partial charge on any atom is 0.243 e. The van der Waals surface area contributed by atoms with Crippen molar-refractivity contribution in [3.8, 4) is 0 Å². The number of hydrogen-bond acceptors (Lipinski definition) is 3. The van der Waals surface area contributed by atoms with Crippen molar-refractivity contribution in [1.29, 1.82) is 0 Å². The van der Waals surface area contributed by atoms with E-state index in [0.29, 0.717) is 23.4 Å². The normalized spacial score (nSPS) is 16.0. The van der Waals surface area contributed by atoms with Crippen molar-refractivity contribution in [1.82, 2.24) is 14.9 Å². The molecule has 2 atom stereocenters. The summed E-state index contributed by atoms with van der Waals surface area (Å²) in [6.07, 6.45) is 4.28. The smallest absolute Gasteiger partial charge is 0.243 e. The average molecular weight is 504 g/mol. The van der Waals surface area contributed by atoms with Gasteiger partial charge in [0.05, 0.1) is 11.0 Å². The van der Waals surface area contributed by atoms with Gasteiger partial charge in [-0.2, -0.15) is 0 Å². The highest BCUT2D eigenvalue weighted by Crippen LogP contribution is 2.39. The zero-order valence-electron chi connectivity index (χ0n) is 20.9. The summed E-state index contributed by atoms with van der Waals surface area (Å²) in [6.45, 7) is 0.375. The summed E-state index contributed by atoms with van der Waals surface area (Å²) in [6, 6.07) is 20.9. The lowest BCUT2D eigenvalue weighted by molar-refractivity contribution is -0.126. The van der Waals surface area contributed by atoms with Crippen molar-refractivity contribution in [2.45, 2.75) is 50.8 Å². The molecule has 192 valence electrons. The summed E-state index contributed by atoms with van der Waals surface area (Å²) in [4.78, 5) is 18.7. The van der Waals surface area contributed by atoms with Gasteiger partial charge >= 0.3 is 0 Å². The number of imidazole rings is 1. The van der Waals surface area contributed by atoms with Crippen LogP contribution in [-0.4, -0.2) is 22.6 Å². The zero-order valence-corrected chi connectivity index (χ0v) is 20.9. The van der Waals surface area contributed by atoms with Crippen LogP contribution in [-0.2, 0) is 16.1 Å². The van der Waals surface area contributed by atoms with Crippen LogP contribution in [0.2, 0.25) is 0 Å². The third kappa shape index (κ3) is 5.27. The molecule has 1 aliphatic carbocycles. The van der Waals surface area contributed by atoms with Crippen molar-refractivity contribution in [2.75, 3.05) is 7.11 Å². The lowest BCUT2D eigenvalue weighted by atomic mass is 9.83. The number of hydrogen-bond donors (Lipinski definition) is 1. The molecule has 0 saturated heterocycles. The summed E-state index contributed by atoms with van der Waals surface area (Å²) in [7, 11) is 1.58. The van der Waals surface area contributed by atoms with Gasteiger partial charge in [0.15, 0.2) is 11.6 Å². The molecule has 0 spiro atoms. The summed E-state index contributed by atoms with van der Waals surface area (Å²) >= 11 is 0. The van der Waals surface area contributed by atoms with Crippen LogP contribution < -0.4 is 5.32 Å². The summed E-state index contributed by atoms with van der Waals surface area (Å²) in [5.41, 5.74) is 2.51. The van der Waals surface area contributed by atoms with Gasteiger partial charge in [0.25, 0.3) is 0 Å². The molecule has 0 aliphatic heterocycles. The predicted octanol–water partition coefficient (Wildman–Crippen LogP) is 6.49. The highest BCUT2D eigenvalue weighted by Gasteiger charge is 2.36. The molecule has 0 bridgehead atoms. The first-order valence-corrected chi connectivity index (χ1v) is 12.8. The van der Waals surface area contributed by atoms with E-state index in [2.05, 4.69) is 5.32 Å². The molecule has 4 aromatic rings. The molecule has 3 aromatic carbocycles. The minimum Gasteiger partial charge on any atom is -0.369 e. The highest BCUT2D eigenvalue weighted by atomic mass is 19.2. The molecule has 1 aliphatic rings. The van der Waals surface area contributed by atoms with Crippen molar-refractivity contribution in [3.05, 3.63) is 101 Å². The summed E-state index contributed by atoms with van der Waals surface area (Å²) in [5.74, 6) is -1.62. The third-order valence-electron chi connectivity index (χ3n) is 7.28. The van der Waals surface area contributed by atoms with Crippen molar-refractivity contribution in [2.24, 2.45) is 5.92 Å². The number of carbonyl (C=O) groups is 1. The second-order valence-corrected chi connectivity index (χ2v) is 9.67. The Kier molecular flexibility index (Phi) is 7.60. The maximum absolute atomic E-state index is 14.6. The molecule has 1 saturated carbocycles. The number of halogens is 2. The van der Waals surface area contributed by atoms with Crippen LogP contribution in [0, 0.1) is 17.6 Å². The number of rotatable bonds is 8. The van der Waals surface area contributed by atoms with Crippen LogP contribution in [0.5, 0.6) is 0 Å². The summed E-state index contributed by atoms with van der Waals surface area (Å²) in [5, 5.41) is 3.10. The lowest BCUT2D eigenvalue weighted by Gasteiger charge is -2.33. The molecule has 5 nitrogen and oxygen atoms in total. The second kappa shape index (κ2) is 11.2. The summed E-state index contributed by atoms with van der Waals surface area (Å²) < 4.78 is 36.6. The van der Waals surface area contributed by atoms with Crippen molar-refractivity contribution in [3.63, 3.8) is 0 Å². The van der Waals surface area contributed by atoms with E-state index < -0.39 is 23.8 Å². The number of benzene rings is 3. The van der Waals surface area contributed by atoms with Gasteiger partial charge in [-0.15, -0.1) is 0 Å². The van der Waals surface area contributed by atoms with Crippen LogP contribution in [0.25, 0.3) is 11.0 Å². The molecule has 1 amide bonds. The van der Waals surface area contributed by atoms with Gasteiger partial charge < -0.3 is 14.6 Å². The molecule has 1 fully saturated rings. The van der Waals surface area contributed by atoms with E-state index in [-0.39, 0.29) is 11.8 Å². The van der Waals surface area contributed by atoms with E-state index in [0.717, 1.165) is 55.4 Å². The number of nitrogens with zero attached hydrogens (tertiary/aromatic N) is 2. The predicted molar refractivity (Wildman–Crippen MR) is 139 cm³/mol. The van der Waals surface area contributed by atoms with Crippen molar-refractivity contribution >= 4 is 16.9 Å². The molecule has 37 heavy (non-hydrogen) atoms. The Balaban J connectivity index is 1.65. The van der Waals surface area contributed by atoms with E-state index >= 15 is 0 Å². The molecular formula is C30H31F2N3O2. The quantitative estimate of drug-likeness (QED) is 0.299. The van der Waals surface area contributed by atoms with E-state index in [1.165, 1.54) is 0 Å². The minimum absolute atomic E-state index is 0.0297. The number of amides is 1. The van der Waals surface area contributed by atoms with Crippen LogP contribution in [0.1, 0.15) is 61.2 Å². The fourth-order valence-corrected chi connectivity index (χ4v) is 5.49. The van der Waals surface area contributed by atoms with Crippen LogP contribution >= 0.6 is 0 Å². The second-order valence-electron chi connectivity index (χ2n) is 9.67. The first-order chi connectivity index (χ1) is 18.1. The number of carbonyl (C=O) groups excluding carboxylic acids is 1. The van der Waals surface area contributed by atoms with E-state index in [1.54, 1.807) is 11.7 Å². The standard InChI is InChI=1S/C30H31F2N3O2/c1-37-28(22-15-9-4-10-16-22)29-34-25-17-23(31)24(32)18-26(25)35(29)27(21-13-7-3-8-14-21)30(36)33-19-20-11-5-2-6-12-20/h2,4-6,9-12,15-18,21,27-28H,3,7-8,13-14,19H2,1H3,(H,33,36)/t27?,28-/m1/s1. The van der Waals surface area contributed by atoms with E-state index in [9.17, 15) is 13.6 Å². The van der Waals surface area contributed by atoms with Gasteiger partial charge in [-0.05, 0) is 29.9 Å². The Labute approximate surface area is 215 Å². The van der Waals surface area contributed by atoms with E-state index in [4.69, 9.17) is 9.72 Å². The highest BCUT2D eigenvalue weighted by molar-refractivity contribution is 5.85. The van der Waals surface area contributed by atoms with Crippen LogP contribution in [0.15, 0.2) is 72.8 Å². The minimum atomic E-state index is -0.972. The van der Waals surface area contributed by atoms with Gasteiger partial charge in [0.1, 0.15) is 18.0 Å². The molecule has 1 aromatic heterocycles. The maximum atomic E-state index is 14.6. The van der Waals surface area contributed by atoms with Gasteiger partial charge in [-0.25, -0.2) is 13.8 Å². The number of fused-ring (bicyclic) bond motifs is 1. The third-order valence-corrected chi connectivity index (χ3v) is 7.28. The Morgan fingerprint density at radius 1 is 1.00 bits per heavy atom. The number of ether oxygens (including phenoxy) is 1. The largest absolute Gasteiger partial charge is 0.369 e. The molecule has 5 rings (SSSR count). The zero-order chi connectivity index (χ0) is 25.8. The fourth-order valence-electron chi connectivity index (χ4n) is 5.49. The molecule has 1 unspecified atom stereocenters. The van der Waals surface area contributed by atoms with E-state index in [1.807, 2.05) is 60.7 Å². The van der Waals surface area contributed by atoms with Crippen LogP contribution in [0.4, 0.5) is 8.78 Å². The van der Waals surface area contributed by atoms with Crippen molar-refractivity contribution < 1.29 is 18.3 Å². The molecular weight excluding hydrogens is 472 g/mol. The Morgan fingerprint density at radius 2 is 1.65 bits per heavy atom. The van der Waals surface area contributed by atoms with Gasteiger partial charge in [0, 0.05) is 25.8 Å². The van der Waals surface area contributed by atoms with Gasteiger partial charge in [0.2, 0.25) is 5.91 Å².